The topological polar surface area (TPSA) is 81.2 Å². The van der Waals surface area contributed by atoms with Crippen molar-refractivity contribution in [3.63, 3.8) is 0 Å². The van der Waals surface area contributed by atoms with E-state index in [1.54, 1.807) is 6.92 Å². The van der Waals surface area contributed by atoms with Crippen molar-refractivity contribution < 1.29 is 9.53 Å². The van der Waals surface area contributed by atoms with E-state index in [1.165, 1.54) is 0 Å². The van der Waals surface area contributed by atoms with E-state index >= 15 is 0 Å². The van der Waals surface area contributed by atoms with Crippen molar-refractivity contribution in [1.82, 2.24) is 9.55 Å². The maximum atomic E-state index is 11.9. The van der Waals surface area contributed by atoms with Crippen LogP contribution in [0.25, 0.3) is 0 Å². The smallest absolute Gasteiger partial charge is 0.345 e. The molecule has 0 amide bonds. The zero-order chi connectivity index (χ0) is 12.4. The Morgan fingerprint density at radius 3 is 2.82 bits per heavy atom. The van der Waals surface area contributed by atoms with Crippen molar-refractivity contribution in [2.45, 2.75) is 26.3 Å². The number of rotatable bonds is 4. The van der Waals surface area contributed by atoms with Gasteiger partial charge in [0.2, 0.25) is 0 Å². The van der Waals surface area contributed by atoms with E-state index in [4.69, 9.17) is 4.74 Å². The first-order chi connectivity index (χ1) is 8.13. The summed E-state index contributed by atoms with van der Waals surface area (Å²) >= 11 is 0. The van der Waals surface area contributed by atoms with E-state index < -0.39 is 17.2 Å². The summed E-state index contributed by atoms with van der Waals surface area (Å²) in [6, 6.07) is 0. The maximum Gasteiger partial charge on any atom is 0.345 e. The number of aromatic amines is 1. The van der Waals surface area contributed by atoms with Crippen LogP contribution in [0.1, 0.15) is 30.1 Å². The zero-order valence-electron chi connectivity index (χ0n) is 9.56. The molecule has 6 heteroatoms. The van der Waals surface area contributed by atoms with Gasteiger partial charge in [-0.3, -0.25) is 9.36 Å². The molecule has 1 aliphatic rings. The van der Waals surface area contributed by atoms with Crippen LogP contribution in [0, 0.1) is 5.92 Å². The van der Waals surface area contributed by atoms with Crippen molar-refractivity contribution in [2.24, 2.45) is 5.92 Å². The van der Waals surface area contributed by atoms with Gasteiger partial charge in [0.15, 0.2) is 0 Å². The number of nitrogens with zero attached hydrogens (tertiary/aromatic N) is 1. The van der Waals surface area contributed by atoms with Crippen molar-refractivity contribution in [3.05, 3.63) is 32.6 Å². The standard InChI is InChI=1S/C11H14N2O4/c1-2-17-10(15)8-5-12-11(16)13(9(8)14)6-7-3-4-7/h5,7H,2-4,6H2,1H3,(H,12,16). The molecule has 17 heavy (non-hydrogen) atoms. The van der Waals surface area contributed by atoms with Crippen LogP contribution in [-0.4, -0.2) is 22.1 Å². The van der Waals surface area contributed by atoms with Gasteiger partial charge in [-0.2, -0.15) is 0 Å². The van der Waals surface area contributed by atoms with E-state index in [0.717, 1.165) is 23.6 Å². The van der Waals surface area contributed by atoms with Gasteiger partial charge in [-0.15, -0.1) is 0 Å². The van der Waals surface area contributed by atoms with Crippen molar-refractivity contribution >= 4 is 5.97 Å². The predicted octanol–water partition coefficient (Wildman–Crippen LogP) is 0.123. The van der Waals surface area contributed by atoms with Crippen LogP contribution >= 0.6 is 0 Å². The number of H-pyrrole nitrogens is 1. The lowest BCUT2D eigenvalue weighted by Gasteiger charge is -2.05. The monoisotopic (exact) mass is 238 g/mol. The average molecular weight is 238 g/mol. The molecule has 1 fully saturated rings. The summed E-state index contributed by atoms with van der Waals surface area (Å²) in [4.78, 5) is 37.3. The van der Waals surface area contributed by atoms with Crippen LogP contribution in [0.5, 0.6) is 0 Å². The van der Waals surface area contributed by atoms with Gasteiger partial charge in [0.25, 0.3) is 5.56 Å². The highest BCUT2D eigenvalue weighted by Crippen LogP contribution is 2.29. The molecule has 0 saturated heterocycles. The molecule has 1 heterocycles. The fourth-order valence-electron chi connectivity index (χ4n) is 1.59. The lowest BCUT2D eigenvalue weighted by Crippen LogP contribution is -2.38. The molecule has 0 aliphatic heterocycles. The van der Waals surface area contributed by atoms with Crippen molar-refractivity contribution in [3.8, 4) is 0 Å². The van der Waals surface area contributed by atoms with Crippen molar-refractivity contribution in [2.75, 3.05) is 6.61 Å². The number of hydrogen-bond acceptors (Lipinski definition) is 4. The van der Waals surface area contributed by atoms with E-state index in [-0.39, 0.29) is 12.2 Å². The SMILES string of the molecule is CCOC(=O)c1c[nH]c(=O)n(CC2CC2)c1=O. The summed E-state index contributed by atoms with van der Waals surface area (Å²) in [6.45, 7) is 2.23. The first kappa shape index (κ1) is 11.6. The molecule has 0 aromatic carbocycles. The molecule has 1 aromatic rings. The minimum Gasteiger partial charge on any atom is -0.462 e. The van der Waals surface area contributed by atoms with Crippen LogP contribution in [0.2, 0.25) is 0 Å². The lowest BCUT2D eigenvalue weighted by atomic mass is 10.3. The normalized spacial score (nSPS) is 14.6. The summed E-state index contributed by atoms with van der Waals surface area (Å²) in [7, 11) is 0. The highest BCUT2D eigenvalue weighted by molar-refractivity contribution is 5.88. The number of carbonyl (C=O) groups excluding carboxylic acids is 1. The predicted molar refractivity (Wildman–Crippen MR) is 60.0 cm³/mol. The summed E-state index contributed by atoms with van der Waals surface area (Å²) in [5, 5.41) is 0. The number of nitrogens with one attached hydrogen (secondary N) is 1. The van der Waals surface area contributed by atoms with Crippen LogP contribution in [0.15, 0.2) is 15.8 Å². The molecule has 1 N–H and O–H groups in total. The molecular formula is C11H14N2O4. The highest BCUT2D eigenvalue weighted by Gasteiger charge is 2.24. The molecule has 0 atom stereocenters. The van der Waals surface area contributed by atoms with Gasteiger partial charge in [-0.05, 0) is 25.7 Å². The lowest BCUT2D eigenvalue weighted by molar-refractivity contribution is 0.0522. The van der Waals surface area contributed by atoms with Gasteiger partial charge < -0.3 is 9.72 Å². The van der Waals surface area contributed by atoms with E-state index in [9.17, 15) is 14.4 Å². The number of hydrogen-bond donors (Lipinski definition) is 1. The number of ether oxygens (including phenoxy) is 1. The van der Waals surface area contributed by atoms with Gasteiger partial charge >= 0.3 is 11.7 Å². The van der Waals surface area contributed by atoms with E-state index in [2.05, 4.69) is 4.98 Å². The van der Waals surface area contributed by atoms with Crippen LogP contribution in [0.4, 0.5) is 0 Å². The first-order valence-corrected chi connectivity index (χ1v) is 5.63. The third-order valence-electron chi connectivity index (χ3n) is 2.69. The second kappa shape index (κ2) is 4.57. The average Bonchev–Trinajstić information content (AvgIpc) is 3.08. The van der Waals surface area contributed by atoms with E-state index in [0.29, 0.717) is 12.5 Å². The quantitative estimate of drug-likeness (QED) is 0.755. The van der Waals surface area contributed by atoms with Crippen LogP contribution < -0.4 is 11.2 Å². The molecule has 0 unspecified atom stereocenters. The maximum absolute atomic E-state index is 11.9. The molecule has 0 spiro atoms. The van der Waals surface area contributed by atoms with Gasteiger partial charge in [0, 0.05) is 12.7 Å². The van der Waals surface area contributed by atoms with Gasteiger partial charge in [-0.25, -0.2) is 9.59 Å². The Balaban J connectivity index is 2.37. The van der Waals surface area contributed by atoms with Gasteiger partial charge in [-0.1, -0.05) is 0 Å². The second-order valence-electron chi connectivity index (χ2n) is 4.09. The largest absolute Gasteiger partial charge is 0.462 e. The third-order valence-corrected chi connectivity index (χ3v) is 2.69. The molecule has 92 valence electrons. The Kier molecular flexibility index (Phi) is 3.12. The fraction of sp³-hybridized carbons (Fsp3) is 0.545. The van der Waals surface area contributed by atoms with Crippen LogP contribution in [-0.2, 0) is 11.3 Å². The van der Waals surface area contributed by atoms with Crippen molar-refractivity contribution in [1.29, 1.82) is 0 Å². The Morgan fingerprint density at radius 1 is 1.53 bits per heavy atom. The summed E-state index contributed by atoms with van der Waals surface area (Å²) in [5.41, 5.74) is -1.17. The third kappa shape index (κ3) is 2.46. The molecule has 1 aromatic heterocycles. The van der Waals surface area contributed by atoms with E-state index in [1.807, 2.05) is 0 Å². The molecule has 0 radical (unpaired) electrons. The zero-order valence-corrected chi connectivity index (χ0v) is 9.56. The fourth-order valence-corrected chi connectivity index (χ4v) is 1.59. The summed E-state index contributed by atoms with van der Waals surface area (Å²) in [6.07, 6.45) is 3.16. The molecule has 1 saturated carbocycles. The summed E-state index contributed by atoms with van der Waals surface area (Å²) in [5.74, 6) is -0.315. The molecule has 0 bridgehead atoms. The van der Waals surface area contributed by atoms with Gasteiger partial charge in [0.1, 0.15) is 5.56 Å². The van der Waals surface area contributed by atoms with Gasteiger partial charge in [0.05, 0.1) is 6.61 Å². The Labute approximate surface area is 97.2 Å². The first-order valence-electron chi connectivity index (χ1n) is 5.63. The molecule has 2 rings (SSSR count). The molecular weight excluding hydrogens is 224 g/mol. The highest BCUT2D eigenvalue weighted by atomic mass is 16.5. The molecule has 1 aliphatic carbocycles. The Bertz CT molecular complexity index is 539. The Hall–Kier alpha value is -1.85. The number of aromatic nitrogens is 2. The Morgan fingerprint density at radius 2 is 2.24 bits per heavy atom. The summed E-state index contributed by atoms with van der Waals surface area (Å²) < 4.78 is 5.82. The minimum atomic E-state index is -0.696. The van der Waals surface area contributed by atoms with Crippen LogP contribution in [0.3, 0.4) is 0 Å². The molecule has 6 nitrogen and oxygen atoms in total. The number of esters is 1. The second-order valence-corrected chi connectivity index (χ2v) is 4.09. The number of carbonyl (C=O) groups is 1. The minimum absolute atomic E-state index is 0.118.